The molecule has 2 aromatic carbocycles. The summed E-state index contributed by atoms with van der Waals surface area (Å²) in [6.45, 7) is 0. The van der Waals surface area contributed by atoms with Gasteiger partial charge in [-0.1, -0.05) is 37.9 Å². The second-order valence-corrected chi connectivity index (χ2v) is 6.44. The van der Waals surface area contributed by atoms with E-state index in [0.29, 0.717) is 0 Å². The average Bonchev–Trinajstić information content (AvgIpc) is 2.15. The molecule has 84 valence electrons. The fraction of sp³-hybridized carbons (Fsp3) is 0. The number of rotatable bonds is 1. The van der Waals surface area contributed by atoms with E-state index in [1.807, 2.05) is 12.1 Å². The Hall–Kier alpha value is -0.430. The molecule has 16 heavy (non-hydrogen) atoms. The summed E-state index contributed by atoms with van der Waals surface area (Å²) in [5.41, 5.74) is 0. The van der Waals surface area contributed by atoms with Gasteiger partial charge in [0.25, 0.3) is 10.1 Å². The lowest BCUT2D eigenvalue weighted by Gasteiger charge is -2.04. The van der Waals surface area contributed by atoms with Gasteiger partial charge in [-0.05, 0) is 35.0 Å². The topological polar surface area (TPSA) is 54.4 Å². The molecule has 0 atom stereocenters. The SMILES string of the molecule is O=S(=O)(O)c1ccc2cc(Br)cc(Br)c2c1. The van der Waals surface area contributed by atoms with Crippen molar-refractivity contribution >= 4 is 52.8 Å². The van der Waals surface area contributed by atoms with Crippen molar-refractivity contribution in [2.75, 3.05) is 0 Å². The van der Waals surface area contributed by atoms with Crippen LogP contribution in [0.3, 0.4) is 0 Å². The van der Waals surface area contributed by atoms with Gasteiger partial charge in [0.05, 0.1) is 4.90 Å². The monoisotopic (exact) mass is 364 g/mol. The molecule has 0 fully saturated rings. The van der Waals surface area contributed by atoms with Gasteiger partial charge in [0.2, 0.25) is 0 Å². The summed E-state index contributed by atoms with van der Waals surface area (Å²) in [6.07, 6.45) is 0. The number of halogens is 2. The zero-order valence-electron chi connectivity index (χ0n) is 7.81. The van der Waals surface area contributed by atoms with Crippen LogP contribution in [-0.2, 0) is 10.1 Å². The van der Waals surface area contributed by atoms with E-state index in [1.54, 1.807) is 6.07 Å². The van der Waals surface area contributed by atoms with Gasteiger partial charge in [-0.25, -0.2) is 0 Å². The van der Waals surface area contributed by atoms with E-state index in [1.165, 1.54) is 12.1 Å². The molecule has 6 heteroatoms. The number of fused-ring (bicyclic) bond motifs is 1. The number of benzene rings is 2. The van der Waals surface area contributed by atoms with Crippen molar-refractivity contribution in [3.63, 3.8) is 0 Å². The van der Waals surface area contributed by atoms with Crippen molar-refractivity contribution in [2.24, 2.45) is 0 Å². The van der Waals surface area contributed by atoms with Crippen LogP contribution in [0.4, 0.5) is 0 Å². The number of hydrogen-bond acceptors (Lipinski definition) is 2. The summed E-state index contributed by atoms with van der Waals surface area (Å²) < 4.78 is 32.6. The van der Waals surface area contributed by atoms with Crippen LogP contribution >= 0.6 is 31.9 Å². The van der Waals surface area contributed by atoms with Crippen molar-refractivity contribution in [3.05, 3.63) is 39.3 Å². The predicted octanol–water partition coefficient (Wildman–Crippen LogP) is 3.61. The molecule has 0 aromatic heterocycles. The molecule has 0 radical (unpaired) electrons. The van der Waals surface area contributed by atoms with E-state index in [4.69, 9.17) is 4.55 Å². The van der Waals surface area contributed by atoms with E-state index in [9.17, 15) is 8.42 Å². The Labute approximate surface area is 109 Å². The van der Waals surface area contributed by atoms with E-state index < -0.39 is 10.1 Å². The fourth-order valence-corrected chi connectivity index (χ4v) is 3.30. The second-order valence-electron chi connectivity index (χ2n) is 3.25. The van der Waals surface area contributed by atoms with Gasteiger partial charge in [0, 0.05) is 8.95 Å². The zero-order chi connectivity index (χ0) is 11.9. The summed E-state index contributed by atoms with van der Waals surface area (Å²) in [5, 5.41) is 1.62. The third-order valence-corrected chi connectivity index (χ3v) is 4.10. The molecule has 0 unspecified atom stereocenters. The van der Waals surface area contributed by atoms with Crippen molar-refractivity contribution in [3.8, 4) is 0 Å². The Bertz CT molecular complexity index is 665. The molecule has 0 aliphatic rings. The summed E-state index contributed by atoms with van der Waals surface area (Å²) in [7, 11) is -4.15. The lowest BCUT2D eigenvalue weighted by molar-refractivity contribution is 0.483. The summed E-state index contributed by atoms with van der Waals surface area (Å²) >= 11 is 6.69. The normalized spacial score (nSPS) is 11.9. The first-order valence-electron chi connectivity index (χ1n) is 4.24. The highest BCUT2D eigenvalue weighted by Crippen LogP contribution is 2.30. The first-order chi connectivity index (χ1) is 7.38. The summed E-state index contributed by atoms with van der Waals surface area (Å²) in [6, 6.07) is 8.13. The van der Waals surface area contributed by atoms with Crippen molar-refractivity contribution in [2.45, 2.75) is 4.90 Å². The van der Waals surface area contributed by atoms with Gasteiger partial charge in [-0.3, -0.25) is 4.55 Å². The Kier molecular flexibility index (Phi) is 3.09. The molecule has 3 nitrogen and oxygen atoms in total. The maximum atomic E-state index is 11.0. The van der Waals surface area contributed by atoms with Gasteiger partial charge in [-0.15, -0.1) is 0 Å². The molecule has 0 spiro atoms. The van der Waals surface area contributed by atoms with Crippen molar-refractivity contribution in [1.29, 1.82) is 0 Å². The smallest absolute Gasteiger partial charge is 0.282 e. The third kappa shape index (κ3) is 2.29. The highest BCUT2D eigenvalue weighted by molar-refractivity contribution is 9.11. The quantitative estimate of drug-likeness (QED) is 0.785. The van der Waals surface area contributed by atoms with Crippen LogP contribution in [0, 0.1) is 0 Å². The van der Waals surface area contributed by atoms with E-state index in [-0.39, 0.29) is 4.90 Å². The molecular formula is C10H6Br2O3S. The van der Waals surface area contributed by atoms with Crippen LogP contribution in [0.25, 0.3) is 10.8 Å². The summed E-state index contributed by atoms with van der Waals surface area (Å²) in [4.78, 5) is -0.108. The fourth-order valence-electron chi connectivity index (χ4n) is 1.42. The van der Waals surface area contributed by atoms with Crippen LogP contribution in [0.1, 0.15) is 0 Å². The number of hydrogen-bond donors (Lipinski definition) is 1. The Morgan fingerprint density at radius 2 is 1.75 bits per heavy atom. The Morgan fingerprint density at radius 1 is 1.06 bits per heavy atom. The Morgan fingerprint density at radius 3 is 2.38 bits per heavy atom. The van der Waals surface area contributed by atoms with Gasteiger partial charge in [-0.2, -0.15) is 8.42 Å². The predicted molar refractivity (Wildman–Crippen MR) is 69.2 cm³/mol. The zero-order valence-corrected chi connectivity index (χ0v) is 11.8. The molecular weight excluding hydrogens is 360 g/mol. The lowest BCUT2D eigenvalue weighted by Crippen LogP contribution is -1.97. The molecule has 0 amide bonds. The molecule has 2 rings (SSSR count). The summed E-state index contributed by atoms with van der Waals surface area (Å²) in [5.74, 6) is 0. The third-order valence-electron chi connectivity index (χ3n) is 2.14. The minimum absolute atomic E-state index is 0.108. The second kappa shape index (κ2) is 4.10. The minimum atomic E-state index is -4.15. The van der Waals surface area contributed by atoms with Crippen molar-refractivity contribution < 1.29 is 13.0 Å². The van der Waals surface area contributed by atoms with Gasteiger partial charge >= 0.3 is 0 Å². The van der Waals surface area contributed by atoms with Crippen LogP contribution in [-0.4, -0.2) is 13.0 Å². The van der Waals surface area contributed by atoms with Gasteiger partial charge < -0.3 is 0 Å². The molecule has 0 bridgehead atoms. The molecule has 0 aliphatic heterocycles. The molecule has 0 saturated heterocycles. The van der Waals surface area contributed by atoms with Crippen molar-refractivity contribution in [1.82, 2.24) is 0 Å². The largest absolute Gasteiger partial charge is 0.294 e. The first-order valence-corrected chi connectivity index (χ1v) is 7.27. The van der Waals surface area contributed by atoms with Crippen LogP contribution in [0.15, 0.2) is 44.2 Å². The van der Waals surface area contributed by atoms with Crippen LogP contribution in [0.5, 0.6) is 0 Å². The van der Waals surface area contributed by atoms with E-state index >= 15 is 0 Å². The van der Waals surface area contributed by atoms with Gasteiger partial charge in [0.1, 0.15) is 0 Å². The maximum Gasteiger partial charge on any atom is 0.294 e. The lowest BCUT2D eigenvalue weighted by atomic mass is 10.1. The molecule has 0 heterocycles. The molecule has 0 saturated carbocycles. The Balaban J connectivity index is 2.82. The highest BCUT2D eigenvalue weighted by Gasteiger charge is 2.11. The molecule has 1 N–H and O–H groups in total. The molecule has 0 aliphatic carbocycles. The average molecular weight is 366 g/mol. The minimum Gasteiger partial charge on any atom is -0.282 e. The van der Waals surface area contributed by atoms with Gasteiger partial charge in [0.15, 0.2) is 0 Å². The van der Waals surface area contributed by atoms with E-state index in [2.05, 4.69) is 31.9 Å². The highest BCUT2D eigenvalue weighted by atomic mass is 79.9. The van der Waals surface area contributed by atoms with Crippen LogP contribution < -0.4 is 0 Å². The van der Waals surface area contributed by atoms with E-state index in [0.717, 1.165) is 19.7 Å². The van der Waals surface area contributed by atoms with Crippen LogP contribution in [0.2, 0.25) is 0 Å². The maximum absolute atomic E-state index is 11.0. The molecule has 2 aromatic rings. The first kappa shape index (κ1) is 12.0. The standard InChI is InChI=1S/C10H6Br2O3S/c11-7-3-6-1-2-8(16(13,14)15)5-9(6)10(12)4-7/h1-5H,(H,13,14,15).